The van der Waals surface area contributed by atoms with E-state index in [9.17, 15) is 4.79 Å². The fourth-order valence-corrected chi connectivity index (χ4v) is 1.62. The molecule has 1 aromatic rings. The minimum absolute atomic E-state index is 0.376. The zero-order valence-corrected chi connectivity index (χ0v) is 14.6. The number of nitrogens with one attached hydrogen (secondary N) is 1. The van der Waals surface area contributed by atoms with Gasteiger partial charge in [0.25, 0.3) is 0 Å². The topological polar surface area (TPSA) is 41.6 Å². The first-order chi connectivity index (χ1) is 8.95. The summed E-state index contributed by atoms with van der Waals surface area (Å²) in [6, 6.07) is 5.68. The van der Waals surface area contributed by atoms with Gasteiger partial charge in [-0.25, -0.2) is 4.79 Å². The lowest BCUT2D eigenvalue weighted by Gasteiger charge is -2.20. The van der Waals surface area contributed by atoms with Gasteiger partial charge in [-0.05, 0) is 34.6 Å². The van der Waals surface area contributed by atoms with Crippen LogP contribution in [0.15, 0.2) is 18.2 Å². The molecule has 0 aliphatic heterocycles. The maximum absolute atomic E-state index is 11.1. The van der Waals surface area contributed by atoms with Gasteiger partial charge >= 0.3 is 6.09 Å². The molecule has 5 heteroatoms. The molecule has 0 saturated carbocycles. The summed E-state index contributed by atoms with van der Waals surface area (Å²) >= 11 is 2.15. The standard InChI is InChI=1S/C13H20N2O2.CH3I/c1-9(2)11-8-10(17-13(16)14-3)6-7-12(11)15(4)5;1-2/h6-9H,1-5H3,(H,14,16);1H3. The van der Waals surface area contributed by atoms with E-state index in [-0.39, 0.29) is 0 Å². The third-order valence-corrected chi connectivity index (χ3v) is 2.52. The second-order valence-corrected chi connectivity index (χ2v) is 4.41. The van der Waals surface area contributed by atoms with Crippen molar-refractivity contribution in [3.63, 3.8) is 0 Å². The SMILES string of the molecule is CI.CNC(=O)Oc1ccc(N(C)C)c(C(C)C)c1. The van der Waals surface area contributed by atoms with Gasteiger partial charge in [0.15, 0.2) is 0 Å². The van der Waals surface area contributed by atoms with E-state index in [0.29, 0.717) is 11.7 Å². The van der Waals surface area contributed by atoms with Gasteiger partial charge < -0.3 is 15.0 Å². The molecule has 0 heterocycles. The molecule has 0 saturated heterocycles. The van der Waals surface area contributed by atoms with Crippen molar-refractivity contribution in [2.75, 3.05) is 31.0 Å². The first-order valence-electron chi connectivity index (χ1n) is 6.04. The molecule has 1 amide bonds. The van der Waals surface area contributed by atoms with Crippen molar-refractivity contribution < 1.29 is 9.53 Å². The van der Waals surface area contributed by atoms with Crippen molar-refractivity contribution in [2.24, 2.45) is 0 Å². The first-order valence-corrected chi connectivity index (χ1v) is 8.20. The van der Waals surface area contributed by atoms with E-state index < -0.39 is 6.09 Å². The number of carbonyl (C=O) groups excluding carboxylic acids is 1. The molecular formula is C14H23IN2O2. The summed E-state index contributed by atoms with van der Waals surface area (Å²) in [5, 5.41) is 2.43. The number of benzene rings is 1. The lowest BCUT2D eigenvalue weighted by molar-refractivity contribution is 0.203. The largest absolute Gasteiger partial charge is 0.412 e. The number of nitrogens with zero attached hydrogens (tertiary/aromatic N) is 1. The first kappa shape index (κ1) is 18.0. The van der Waals surface area contributed by atoms with Crippen molar-refractivity contribution in [3.8, 4) is 5.75 Å². The Bertz CT molecular complexity index is 406. The van der Waals surface area contributed by atoms with E-state index in [1.54, 1.807) is 13.1 Å². The Morgan fingerprint density at radius 3 is 2.32 bits per heavy atom. The molecule has 0 aromatic heterocycles. The second kappa shape index (κ2) is 9.01. The van der Waals surface area contributed by atoms with E-state index in [4.69, 9.17) is 4.74 Å². The van der Waals surface area contributed by atoms with E-state index in [1.807, 2.05) is 31.2 Å². The number of ether oxygens (including phenoxy) is 1. The molecule has 0 fully saturated rings. The minimum atomic E-state index is -0.447. The molecule has 0 unspecified atom stereocenters. The summed E-state index contributed by atoms with van der Waals surface area (Å²) in [7, 11) is 5.54. The molecule has 0 spiro atoms. The van der Waals surface area contributed by atoms with Gasteiger partial charge in [-0.2, -0.15) is 0 Å². The molecule has 0 aliphatic rings. The van der Waals surface area contributed by atoms with Gasteiger partial charge in [-0.15, -0.1) is 0 Å². The molecular weight excluding hydrogens is 355 g/mol. The molecule has 4 nitrogen and oxygen atoms in total. The molecule has 19 heavy (non-hydrogen) atoms. The lowest BCUT2D eigenvalue weighted by Crippen LogP contribution is -2.22. The van der Waals surface area contributed by atoms with Crippen molar-refractivity contribution in [1.82, 2.24) is 5.32 Å². The summed E-state index contributed by atoms with van der Waals surface area (Å²) < 4.78 is 5.12. The van der Waals surface area contributed by atoms with Crippen molar-refractivity contribution in [1.29, 1.82) is 0 Å². The monoisotopic (exact) mass is 378 g/mol. The number of halogens is 1. The van der Waals surface area contributed by atoms with Crippen LogP contribution in [0.1, 0.15) is 25.3 Å². The van der Waals surface area contributed by atoms with E-state index in [2.05, 4.69) is 46.7 Å². The summed E-state index contributed by atoms with van der Waals surface area (Å²) in [5.41, 5.74) is 2.31. The number of hydrogen-bond donors (Lipinski definition) is 1. The Labute approximate surface area is 129 Å². The molecule has 1 rings (SSSR count). The van der Waals surface area contributed by atoms with Crippen LogP contribution < -0.4 is 15.0 Å². The normalized spacial score (nSPS) is 9.47. The average molecular weight is 378 g/mol. The minimum Gasteiger partial charge on any atom is -0.410 e. The maximum Gasteiger partial charge on any atom is 0.412 e. The summed E-state index contributed by atoms with van der Waals surface area (Å²) in [6.45, 7) is 4.23. The van der Waals surface area contributed by atoms with Crippen LogP contribution in [0.5, 0.6) is 5.75 Å². The molecule has 0 bridgehead atoms. The van der Waals surface area contributed by atoms with Crippen molar-refractivity contribution in [3.05, 3.63) is 23.8 Å². The predicted octanol–water partition coefficient (Wildman–Crippen LogP) is 3.65. The maximum atomic E-state index is 11.1. The van der Waals surface area contributed by atoms with Crippen LogP contribution in [-0.4, -0.2) is 32.2 Å². The third-order valence-electron chi connectivity index (χ3n) is 2.52. The Hall–Kier alpha value is -0.980. The third kappa shape index (κ3) is 5.67. The van der Waals surface area contributed by atoms with Crippen LogP contribution in [0.3, 0.4) is 0 Å². The number of hydrogen-bond acceptors (Lipinski definition) is 3. The Balaban J connectivity index is 0.00000154. The molecule has 108 valence electrons. The van der Waals surface area contributed by atoms with Crippen molar-refractivity contribution >= 4 is 34.4 Å². The average Bonchev–Trinajstić information content (AvgIpc) is 2.40. The molecule has 1 N–H and O–H groups in total. The molecule has 0 aliphatic carbocycles. The van der Waals surface area contributed by atoms with Gasteiger partial charge in [0, 0.05) is 26.8 Å². The fraction of sp³-hybridized carbons (Fsp3) is 0.500. The number of anilines is 1. The lowest BCUT2D eigenvalue weighted by atomic mass is 10.0. The second-order valence-electron chi connectivity index (χ2n) is 4.41. The van der Waals surface area contributed by atoms with Crippen LogP contribution in [0, 0.1) is 0 Å². The smallest absolute Gasteiger partial charge is 0.410 e. The van der Waals surface area contributed by atoms with Gasteiger partial charge in [-0.3, -0.25) is 0 Å². The quantitative estimate of drug-likeness (QED) is 0.645. The van der Waals surface area contributed by atoms with Crippen LogP contribution >= 0.6 is 22.6 Å². The Morgan fingerprint density at radius 2 is 1.89 bits per heavy atom. The van der Waals surface area contributed by atoms with Gasteiger partial charge in [0.2, 0.25) is 0 Å². The highest BCUT2D eigenvalue weighted by atomic mass is 127. The van der Waals surface area contributed by atoms with Gasteiger partial charge in [0.05, 0.1) is 0 Å². The number of carbonyl (C=O) groups is 1. The zero-order valence-electron chi connectivity index (χ0n) is 12.5. The van der Waals surface area contributed by atoms with Crippen LogP contribution in [0.2, 0.25) is 0 Å². The summed E-state index contributed by atoms with van der Waals surface area (Å²) in [6.07, 6.45) is -0.447. The zero-order chi connectivity index (χ0) is 15.0. The van der Waals surface area contributed by atoms with Gasteiger partial charge in [-0.1, -0.05) is 36.4 Å². The Morgan fingerprint density at radius 1 is 1.32 bits per heavy atom. The van der Waals surface area contributed by atoms with Crippen LogP contribution in [-0.2, 0) is 0 Å². The highest BCUT2D eigenvalue weighted by Gasteiger charge is 2.11. The predicted molar refractivity (Wildman–Crippen MR) is 89.9 cm³/mol. The molecule has 1 aromatic carbocycles. The number of alkyl halides is 1. The van der Waals surface area contributed by atoms with E-state index in [1.165, 1.54) is 0 Å². The fourth-order valence-electron chi connectivity index (χ4n) is 1.62. The molecule has 0 radical (unpaired) electrons. The van der Waals surface area contributed by atoms with Crippen LogP contribution in [0.25, 0.3) is 0 Å². The summed E-state index contributed by atoms with van der Waals surface area (Å²) in [4.78, 5) is 15.2. The molecule has 0 atom stereocenters. The van der Waals surface area contributed by atoms with E-state index >= 15 is 0 Å². The van der Waals surface area contributed by atoms with Crippen LogP contribution in [0.4, 0.5) is 10.5 Å². The van der Waals surface area contributed by atoms with Gasteiger partial charge in [0.1, 0.15) is 5.75 Å². The Kier molecular flexibility index (Phi) is 8.54. The van der Waals surface area contributed by atoms with E-state index in [0.717, 1.165) is 11.3 Å². The van der Waals surface area contributed by atoms with Crippen molar-refractivity contribution in [2.45, 2.75) is 19.8 Å². The summed E-state index contributed by atoms with van der Waals surface area (Å²) in [5.74, 6) is 0.944. The highest BCUT2D eigenvalue weighted by Crippen LogP contribution is 2.30. The highest BCUT2D eigenvalue weighted by molar-refractivity contribution is 14.1. The number of amides is 1. The number of rotatable bonds is 3.